The maximum absolute atomic E-state index is 12.4. The van der Waals surface area contributed by atoms with Gasteiger partial charge >= 0.3 is 6.18 Å². The Balaban J connectivity index is 3.42. The number of alkyl halides is 5. The number of aryl methyl sites for hydroxylation is 1. The van der Waals surface area contributed by atoms with Gasteiger partial charge in [0, 0.05) is 11.8 Å². The molecule has 0 aromatic carbocycles. The van der Waals surface area contributed by atoms with Crippen LogP contribution in [-0.2, 0) is 6.18 Å². The first kappa shape index (κ1) is 12.2. The summed E-state index contributed by atoms with van der Waals surface area (Å²) in [7, 11) is 0. The van der Waals surface area contributed by atoms with Crippen LogP contribution in [-0.4, -0.2) is 4.98 Å². The minimum atomic E-state index is -4.82. The van der Waals surface area contributed by atoms with Gasteiger partial charge in [-0.05, 0) is 12.5 Å². The van der Waals surface area contributed by atoms with E-state index in [1.54, 1.807) is 0 Å². The van der Waals surface area contributed by atoms with Gasteiger partial charge in [0.15, 0.2) is 5.69 Å². The lowest BCUT2D eigenvalue weighted by molar-refractivity contribution is -0.141. The van der Waals surface area contributed by atoms with Gasteiger partial charge in [-0.15, -0.1) is 0 Å². The molecule has 0 bridgehead atoms. The molecule has 15 heavy (non-hydrogen) atoms. The van der Waals surface area contributed by atoms with E-state index in [4.69, 9.17) is 11.6 Å². The third-order valence-electron chi connectivity index (χ3n) is 1.74. The van der Waals surface area contributed by atoms with Crippen LogP contribution in [0.25, 0.3) is 0 Å². The predicted molar refractivity (Wildman–Crippen MR) is 43.9 cm³/mol. The SMILES string of the molecule is Cc1cnc(C(F)(F)F)c(Cl)c1C(F)F. The third-order valence-corrected chi connectivity index (χ3v) is 2.13. The Bertz CT molecular complexity index is 374. The van der Waals surface area contributed by atoms with Gasteiger partial charge in [0.25, 0.3) is 6.43 Å². The molecule has 1 rings (SSSR count). The van der Waals surface area contributed by atoms with Gasteiger partial charge in [0.2, 0.25) is 0 Å². The van der Waals surface area contributed by atoms with E-state index in [0.29, 0.717) is 0 Å². The molecule has 1 aromatic rings. The second kappa shape index (κ2) is 3.92. The highest BCUT2D eigenvalue weighted by atomic mass is 35.5. The fourth-order valence-corrected chi connectivity index (χ4v) is 1.44. The molecule has 7 heteroatoms. The van der Waals surface area contributed by atoms with Crippen LogP contribution in [0.1, 0.15) is 23.2 Å². The van der Waals surface area contributed by atoms with Gasteiger partial charge in [0.05, 0.1) is 5.02 Å². The molecular weight excluding hydrogens is 241 g/mol. The first-order valence-corrected chi connectivity index (χ1v) is 4.13. The van der Waals surface area contributed by atoms with Gasteiger partial charge in [0.1, 0.15) is 0 Å². The van der Waals surface area contributed by atoms with Gasteiger partial charge in [-0.25, -0.2) is 8.78 Å². The van der Waals surface area contributed by atoms with E-state index in [1.165, 1.54) is 6.92 Å². The number of halogens is 6. The van der Waals surface area contributed by atoms with Gasteiger partial charge in [-0.1, -0.05) is 11.6 Å². The highest BCUT2D eigenvalue weighted by Gasteiger charge is 2.37. The van der Waals surface area contributed by atoms with Crippen molar-refractivity contribution < 1.29 is 22.0 Å². The van der Waals surface area contributed by atoms with Crippen LogP contribution in [0.15, 0.2) is 6.20 Å². The number of rotatable bonds is 1. The van der Waals surface area contributed by atoms with Crippen LogP contribution in [0.3, 0.4) is 0 Å². The molecule has 0 amide bonds. The molecule has 0 saturated heterocycles. The maximum Gasteiger partial charge on any atom is 0.434 e. The van der Waals surface area contributed by atoms with E-state index < -0.39 is 28.9 Å². The molecule has 0 unspecified atom stereocenters. The molecule has 0 radical (unpaired) electrons. The lowest BCUT2D eigenvalue weighted by Gasteiger charge is -2.12. The van der Waals surface area contributed by atoms with Crippen molar-refractivity contribution in [3.63, 3.8) is 0 Å². The van der Waals surface area contributed by atoms with E-state index in [-0.39, 0.29) is 5.56 Å². The average molecular weight is 246 g/mol. The topological polar surface area (TPSA) is 12.9 Å². The number of hydrogen-bond acceptors (Lipinski definition) is 1. The molecule has 0 N–H and O–H groups in total. The van der Waals surface area contributed by atoms with Crippen molar-refractivity contribution in [1.29, 1.82) is 0 Å². The molecule has 0 aliphatic rings. The third kappa shape index (κ3) is 2.37. The smallest absolute Gasteiger partial charge is 0.250 e. The summed E-state index contributed by atoms with van der Waals surface area (Å²) in [6.45, 7) is 1.22. The Kier molecular flexibility index (Phi) is 3.18. The highest BCUT2D eigenvalue weighted by Crippen LogP contribution is 2.38. The van der Waals surface area contributed by atoms with Gasteiger partial charge in [-0.3, -0.25) is 4.98 Å². The number of aromatic nitrogens is 1. The minimum absolute atomic E-state index is 0.0667. The summed E-state index contributed by atoms with van der Waals surface area (Å²) in [6, 6.07) is 0. The summed E-state index contributed by atoms with van der Waals surface area (Å²) >= 11 is 5.23. The molecule has 84 valence electrons. The van der Waals surface area contributed by atoms with Crippen LogP contribution in [0, 0.1) is 6.92 Å². The Morgan fingerprint density at radius 3 is 2.27 bits per heavy atom. The van der Waals surface area contributed by atoms with Crippen molar-refractivity contribution in [3.05, 3.63) is 28.0 Å². The van der Waals surface area contributed by atoms with Crippen molar-refractivity contribution in [2.75, 3.05) is 0 Å². The summed E-state index contributed by atoms with van der Waals surface area (Å²) in [5, 5.41) is -1.03. The number of pyridine rings is 1. The van der Waals surface area contributed by atoms with Crippen LogP contribution in [0.4, 0.5) is 22.0 Å². The minimum Gasteiger partial charge on any atom is -0.250 e. The van der Waals surface area contributed by atoms with E-state index in [0.717, 1.165) is 6.20 Å². The van der Waals surface area contributed by atoms with Gasteiger partial charge in [-0.2, -0.15) is 13.2 Å². The summed E-state index contributed by atoms with van der Waals surface area (Å²) in [5.41, 5.74) is -2.37. The van der Waals surface area contributed by atoms with Crippen LogP contribution in [0.5, 0.6) is 0 Å². The number of hydrogen-bond donors (Lipinski definition) is 0. The lowest BCUT2D eigenvalue weighted by atomic mass is 10.1. The van der Waals surface area contributed by atoms with Crippen molar-refractivity contribution >= 4 is 11.6 Å². The molecule has 1 nitrogen and oxygen atoms in total. The van der Waals surface area contributed by atoms with E-state index in [1.807, 2.05) is 0 Å². The summed E-state index contributed by atoms with van der Waals surface area (Å²) in [6.07, 6.45) is -7.15. The predicted octanol–water partition coefficient (Wildman–Crippen LogP) is 4.00. The Morgan fingerprint density at radius 1 is 1.33 bits per heavy atom. The maximum atomic E-state index is 12.4. The van der Waals surface area contributed by atoms with Gasteiger partial charge < -0.3 is 0 Å². The monoisotopic (exact) mass is 245 g/mol. The van der Waals surface area contributed by atoms with E-state index in [2.05, 4.69) is 4.98 Å². The summed E-state index contributed by atoms with van der Waals surface area (Å²) in [4.78, 5) is 3.00. The Hall–Kier alpha value is -0.910. The number of nitrogens with zero attached hydrogens (tertiary/aromatic N) is 1. The molecule has 0 fully saturated rings. The molecule has 0 aliphatic carbocycles. The summed E-state index contributed by atoms with van der Waals surface area (Å²) in [5.74, 6) is 0. The molecule has 1 aromatic heterocycles. The first-order valence-electron chi connectivity index (χ1n) is 3.75. The molecular formula is C8H5ClF5N. The zero-order valence-corrected chi connectivity index (χ0v) is 8.13. The van der Waals surface area contributed by atoms with Crippen LogP contribution in [0.2, 0.25) is 5.02 Å². The van der Waals surface area contributed by atoms with Crippen molar-refractivity contribution in [2.45, 2.75) is 19.5 Å². The molecule has 0 spiro atoms. The Morgan fingerprint density at radius 2 is 1.87 bits per heavy atom. The quantitative estimate of drug-likeness (QED) is 0.682. The van der Waals surface area contributed by atoms with E-state index >= 15 is 0 Å². The first-order chi connectivity index (χ1) is 6.75. The van der Waals surface area contributed by atoms with Crippen molar-refractivity contribution in [1.82, 2.24) is 4.98 Å². The largest absolute Gasteiger partial charge is 0.434 e. The molecule has 0 saturated carbocycles. The molecule has 0 atom stereocenters. The second-order valence-corrected chi connectivity index (χ2v) is 3.19. The normalized spacial score (nSPS) is 12.3. The zero-order chi connectivity index (χ0) is 11.8. The average Bonchev–Trinajstić information content (AvgIpc) is 2.00. The zero-order valence-electron chi connectivity index (χ0n) is 7.37. The van der Waals surface area contributed by atoms with Crippen molar-refractivity contribution in [3.8, 4) is 0 Å². The molecule has 0 aliphatic heterocycles. The van der Waals surface area contributed by atoms with Crippen LogP contribution < -0.4 is 0 Å². The summed E-state index contributed by atoms with van der Waals surface area (Å²) < 4.78 is 61.5. The highest BCUT2D eigenvalue weighted by molar-refractivity contribution is 6.32. The molecule has 1 heterocycles. The van der Waals surface area contributed by atoms with Crippen molar-refractivity contribution in [2.24, 2.45) is 0 Å². The Labute approximate surface area is 86.9 Å². The fourth-order valence-electron chi connectivity index (χ4n) is 1.05. The van der Waals surface area contributed by atoms with E-state index in [9.17, 15) is 22.0 Å². The second-order valence-electron chi connectivity index (χ2n) is 2.82. The lowest BCUT2D eigenvalue weighted by Crippen LogP contribution is -2.11. The fraction of sp³-hybridized carbons (Fsp3) is 0.375. The van der Waals surface area contributed by atoms with Crippen LogP contribution >= 0.6 is 11.6 Å². The standard InChI is InChI=1S/C8H5ClF5N/c1-3-2-15-6(8(12,13)14)5(9)4(3)7(10)11/h2,7H,1H3.